The molecule has 1 heterocycles. The number of para-hydroxylation sites is 1. The largest absolute Gasteiger partial charge is 0.492 e. The fourth-order valence-corrected chi connectivity index (χ4v) is 2.51. The normalized spacial score (nSPS) is 16.7. The lowest BCUT2D eigenvalue weighted by molar-refractivity contribution is -0.149. The number of fused-ring (bicyclic) bond motifs is 1. The highest BCUT2D eigenvalue weighted by atomic mass is 16.5. The topological polar surface area (TPSA) is 35.5 Å². The monoisotopic (exact) mass is 282 g/mol. The number of hydrogen-bond donors (Lipinski definition) is 0. The smallest absolute Gasteiger partial charge is 0.312 e. The number of benzene rings is 2. The molecule has 0 fully saturated rings. The Hall–Kier alpha value is -2.29. The Bertz CT molecular complexity index is 607. The summed E-state index contributed by atoms with van der Waals surface area (Å²) in [6.07, 6.45) is 1.44. The molecule has 3 nitrogen and oxygen atoms in total. The third-order valence-corrected chi connectivity index (χ3v) is 3.69. The van der Waals surface area contributed by atoms with Crippen LogP contribution in [0, 0.1) is 5.92 Å². The second-order valence-electron chi connectivity index (χ2n) is 5.22. The standard InChI is InChI=1S/C18H18O3/c19-18(20-11-10-14-6-2-1-3-7-14)16-12-15-8-4-5-9-17(15)21-13-16/h1-9,16H,10-13H2. The van der Waals surface area contributed by atoms with Gasteiger partial charge in [-0.1, -0.05) is 48.5 Å². The van der Waals surface area contributed by atoms with Gasteiger partial charge in [0, 0.05) is 6.42 Å². The van der Waals surface area contributed by atoms with E-state index in [2.05, 4.69) is 0 Å². The molecule has 1 aliphatic heterocycles. The number of carbonyl (C=O) groups is 1. The van der Waals surface area contributed by atoms with Crippen LogP contribution in [-0.4, -0.2) is 19.2 Å². The molecule has 0 spiro atoms. The van der Waals surface area contributed by atoms with Crippen molar-refractivity contribution in [1.29, 1.82) is 0 Å². The minimum Gasteiger partial charge on any atom is -0.492 e. The van der Waals surface area contributed by atoms with Crippen molar-refractivity contribution in [3.05, 3.63) is 65.7 Å². The van der Waals surface area contributed by atoms with Crippen LogP contribution in [0.1, 0.15) is 11.1 Å². The highest BCUT2D eigenvalue weighted by molar-refractivity contribution is 5.73. The molecule has 0 aliphatic carbocycles. The zero-order valence-corrected chi connectivity index (χ0v) is 11.8. The third kappa shape index (κ3) is 3.43. The molecule has 0 amide bonds. The van der Waals surface area contributed by atoms with Crippen LogP contribution in [0.4, 0.5) is 0 Å². The molecule has 3 heteroatoms. The summed E-state index contributed by atoms with van der Waals surface area (Å²) in [6, 6.07) is 17.9. The van der Waals surface area contributed by atoms with Crippen molar-refractivity contribution in [2.24, 2.45) is 5.92 Å². The van der Waals surface area contributed by atoms with E-state index in [4.69, 9.17) is 9.47 Å². The lowest BCUT2D eigenvalue weighted by atomic mass is 9.97. The number of esters is 1. The Labute approximate surface area is 124 Å². The Balaban J connectivity index is 1.50. The number of hydrogen-bond acceptors (Lipinski definition) is 3. The molecule has 21 heavy (non-hydrogen) atoms. The molecular formula is C18H18O3. The Kier molecular flexibility index (Phi) is 4.20. The van der Waals surface area contributed by atoms with Crippen molar-refractivity contribution in [2.75, 3.05) is 13.2 Å². The summed E-state index contributed by atoms with van der Waals surface area (Å²) in [6.45, 7) is 0.822. The summed E-state index contributed by atoms with van der Waals surface area (Å²) >= 11 is 0. The van der Waals surface area contributed by atoms with Crippen LogP contribution < -0.4 is 4.74 Å². The maximum absolute atomic E-state index is 12.1. The molecular weight excluding hydrogens is 264 g/mol. The van der Waals surface area contributed by atoms with Crippen molar-refractivity contribution in [2.45, 2.75) is 12.8 Å². The Morgan fingerprint density at radius 2 is 1.86 bits per heavy atom. The first-order chi connectivity index (χ1) is 10.3. The van der Waals surface area contributed by atoms with E-state index < -0.39 is 0 Å². The van der Waals surface area contributed by atoms with E-state index >= 15 is 0 Å². The summed E-state index contributed by atoms with van der Waals surface area (Å²) in [7, 11) is 0. The van der Waals surface area contributed by atoms with Gasteiger partial charge in [-0.3, -0.25) is 4.79 Å². The van der Waals surface area contributed by atoms with Crippen LogP contribution in [0.2, 0.25) is 0 Å². The summed E-state index contributed by atoms with van der Waals surface area (Å²) in [4.78, 5) is 12.1. The summed E-state index contributed by atoms with van der Waals surface area (Å²) in [5.41, 5.74) is 2.25. The van der Waals surface area contributed by atoms with Gasteiger partial charge in [0.25, 0.3) is 0 Å². The van der Waals surface area contributed by atoms with E-state index in [1.165, 1.54) is 5.56 Å². The zero-order chi connectivity index (χ0) is 14.5. The SMILES string of the molecule is O=C(OCCc1ccccc1)C1COc2ccccc2C1. The Morgan fingerprint density at radius 1 is 1.10 bits per heavy atom. The average Bonchev–Trinajstić information content (AvgIpc) is 2.55. The van der Waals surface area contributed by atoms with Crippen LogP contribution in [-0.2, 0) is 22.4 Å². The van der Waals surface area contributed by atoms with Gasteiger partial charge in [0.15, 0.2) is 0 Å². The molecule has 0 bridgehead atoms. The minimum absolute atomic E-state index is 0.166. The molecule has 2 aromatic carbocycles. The lowest BCUT2D eigenvalue weighted by Crippen LogP contribution is -2.30. The van der Waals surface area contributed by atoms with Gasteiger partial charge < -0.3 is 9.47 Å². The van der Waals surface area contributed by atoms with Gasteiger partial charge in [-0.15, -0.1) is 0 Å². The predicted molar refractivity (Wildman–Crippen MR) is 80.2 cm³/mol. The van der Waals surface area contributed by atoms with Crippen LogP contribution in [0.5, 0.6) is 5.75 Å². The second kappa shape index (κ2) is 6.44. The fourth-order valence-electron chi connectivity index (χ4n) is 2.51. The molecule has 108 valence electrons. The van der Waals surface area contributed by atoms with Crippen molar-refractivity contribution in [3.8, 4) is 5.75 Å². The molecule has 2 aromatic rings. The van der Waals surface area contributed by atoms with E-state index in [9.17, 15) is 4.79 Å². The first-order valence-corrected chi connectivity index (χ1v) is 7.24. The first-order valence-electron chi connectivity index (χ1n) is 7.24. The molecule has 1 atom stereocenters. The summed E-state index contributed by atoms with van der Waals surface area (Å²) in [5, 5.41) is 0. The highest BCUT2D eigenvalue weighted by Crippen LogP contribution is 2.27. The highest BCUT2D eigenvalue weighted by Gasteiger charge is 2.26. The maximum Gasteiger partial charge on any atom is 0.312 e. The van der Waals surface area contributed by atoms with E-state index in [1.54, 1.807) is 0 Å². The van der Waals surface area contributed by atoms with Crippen molar-refractivity contribution in [3.63, 3.8) is 0 Å². The number of carbonyl (C=O) groups excluding carboxylic acids is 1. The van der Waals surface area contributed by atoms with Crippen LogP contribution in [0.3, 0.4) is 0 Å². The Morgan fingerprint density at radius 3 is 2.71 bits per heavy atom. The molecule has 0 aromatic heterocycles. The quantitative estimate of drug-likeness (QED) is 0.809. The third-order valence-electron chi connectivity index (χ3n) is 3.69. The van der Waals surface area contributed by atoms with Gasteiger partial charge in [0.05, 0.1) is 12.5 Å². The van der Waals surface area contributed by atoms with E-state index in [1.807, 2.05) is 54.6 Å². The summed E-state index contributed by atoms with van der Waals surface area (Å²) in [5.74, 6) is 0.516. The molecule has 0 saturated heterocycles. The van der Waals surface area contributed by atoms with Gasteiger partial charge in [-0.05, 0) is 23.6 Å². The number of ether oxygens (including phenoxy) is 2. The minimum atomic E-state index is -0.198. The molecule has 0 radical (unpaired) electrons. The first kappa shape index (κ1) is 13.7. The van der Waals surface area contributed by atoms with Crippen molar-refractivity contribution < 1.29 is 14.3 Å². The fraction of sp³-hybridized carbons (Fsp3) is 0.278. The van der Waals surface area contributed by atoms with Gasteiger partial charge in [0.1, 0.15) is 12.4 Å². The maximum atomic E-state index is 12.1. The number of rotatable bonds is 4. The van der Waals surface area contributed by atoms with Gasteiger partial charge in [-0.25, -0.2) is 0 Å². The molecule has 1 aliphatic rings. The van der Waals surface area contributed by atoms with E-state index in [0.717, 1.165) is 17.7 Å². The predicted octanol–water partition coefficient (Wildman–Crippen LogP) is 3.02. The van der Waals surface area contributed by atoms with Crippen molar-refractivity contribution in [1.82, 2.24) is 0 Å². The van der Waals surface area contributed by atoms with Crippen LogP contribution in [0.25, 0.3) is 0 Å². The zero-order valence-electron chi connectivity index (χ0n) is 11.8. The molecule has 1 unspecified atom stereocenters. The van der Waals surface area contributed by atoms with Gasteiger partial charge in [0.2, 0.25) is 0 Å². The second-order valence-corrected chi connectivity index (χ2v) is 5.22. The van der Waals surface area contributed by atoms with Crippen LogP contribution >= 0.6 is 0 Å². The van der Waals surface area contributed by atoms with E-state index in [0.29, 0.717) is 19.6 Å². The molecule has 3 rings (SSSR count). The lowest BCUT2D eigenvalue weighted by Gasteiger charge is -2.23. The molecule has 0 N–H and O–H groups in total. The molecule has 0 saturated carbocycles. The summed E-state index contributed by atoms with van der Waals surface area (Å²) < 4.78 is 11.0. The average molecular weight is 282 g/mol. The van der Waals surface area contributed by atoms with Crippen LogP contribution in [0.15, 0.2) is 54.6 Å². The van der Waals surface area contributed by atoms with Gasteiger partial charge in [-0.2, -0.15) is 0 Å². The van der Waals surface area contributed by atoms with Gasteiger partial charge >= 0.3 is 5.97 Å². The van der Waals surface area contributed by atoms with E-state index in [-0.39, 0.29) is 11.9 Å². The van der Waals surface area contributed by atoms with Crippen molar-refractivity contribution >= 4 is 5.97 Å².